The summed E-state index contributed by atoms with van der Waals surface area (Å²) >= 11 is 0. The molecule has 0 aliphatic carbocycles. The van der Waals surface area contributed by atoms with Gasteiger partial charge in [-0.2, -0.15) is 0 Å². The summed E-state index contributed by atoms with van der Waals surface area (Å²) in [5, 5.41) is 0.516. The molecule has 2 aliphatic rings. The van der Waals surface area contributed by atoms with Crippen molar-refractivity contribution in [2.45, 2.75) is 45.6 Å². The number of aryl methyl sites for hydroxylation is 1. The zero-order valence-electron chi connectivity index (χ0n) is 21.8. The summed E-state index contributed by atoms with van der Waals surface area (Å²) in [4.78, 5) is 31.5. The van der Waals surface area contributed by atoms with E-state index in [9.17, 15) is 9.59 Å². The Hall–Kier alpha value is -3.16. The van der Waals surface area contributed by atoms with Crippen LogP contribution in [0.4, 0.5) is 0 Å². The molecule has 7 nitrogen and oxygen atoms in total. The molecular formula is C30H36N2O5. The van der Waals surface area contributed by atoms with Gasteiger partial charge >= 0.3 is 0 Å². The molecule has 196 valence electrons. The standard InChI is InChI=1S/C30H36N2O5/c1-3-4-5-17-36-23-10-8-22(9-11-23)27-26-28(33)24-20-21(2)7-12-25(24)37-29(26)30(34)32(27)14-6-13-31-15-18-35-19-16-31/h7-12,20,27H,3-6,13-19H2,1-2H3. The highest BCUT2D eigenvalue weighted by atomic mass is 16.5. The minimum Gasteiger partial charge on any atom is -0.494 e. The highest BCUT2D eigenvalue weighted by Gasteiger charge is 2.42. The first-order valence-electron chi connectivity index (χ1n) is 13.5. The number of ether oxygens (including phenoxy) is 2. The van der Waals surface area contributed by atoms with Crippen LogP contribution in [0.2, 0.25) is 0 Å². The molecule has 3 heterocycles. The van der Waals surface area contributed by atoms with Crippen molar-refractivity contribution < 1.29 is 18.7 Å². The first-order chi connectivity index (χ1) is 18.1. The van der Waals surface area contributed by atoms with Crippen molar-refractivity contribution in [2.75, 3.05) is 46.0 Å². The average molecular weight is 505 g/mol. The third-order valence-corrected chi connectivity index (χ3v) is 7.31. The van der Waals surface area contributed by atoms with Crippen LogP contribution in [0.1, 0.15) is 65.9 Å². The van der Waals surface area contributed by atoms with Gasteiger partial charge < -0.3 is 18.8 Å². The monoisotopic (exact) mass is 504 g/mol. The smallest absolute Gasteiger partial charge is 0.290 e. The third-order valence-electron chi connectivity index (χ3n) is 7.31. The van der Waals surface area contributed by atoms with Gasteiger partial charge in [0, 0.05) is 26.2 Å². The van der Waals surface area contributed by atoms with Crippen molar-refractivity contribution in [1.29, 1.82) is 0 Å². The Balaban J connectivity index is 1.45. The second-order valence-electron chi connectivity index (χ2n) is 10.0. The summed E-state index contributed by atoms with van der Waals surface area (Å²) in [6.07, 6.45) is 4.12. The lowest BCUT2D eigenvalue weighted by molar-refractivity contribution is 0.0353. The van der Waals surface area contributed by atoms with Crippen LogP contribution in [0.25, 0.3) is 11.0 Å². The summed E-state index contributed by atoms with van der Waals surface area (Å²) < 4.78 is 17.4. The number of hydrogen-bond acceptors (Lipinski definition) is 6. The van der Waals surface area contributed by atoms with Gasteiger partial charge in [0.1, 0.15) is 11.3 Å². The first kappa shape index (κ1) is 25.5. The fourth-order valence-electron chi connectivity index (χ4n) is 5.29. The minimum atomic E-state index is -0.484. The molecule has 1 amide bonds. The molecule has 2 aromatic carbocycles. The average Bonchev–Trinajstić information content (AvgIpc) is 3.20. The summed E-state index contributed by atoms with van der Waals surface area (Å²) in [5.41, 5.74) is 2.62. The molecule has 1 unspecified atom stereocenters. The van der Waals surface area contributed by atoms with Gasteiger partial charge in [0.05, 0.1) is 36.8 Å². The molecule has 0 N–H and O–H groups in total. The zero-order chi connectivity index (χ0) is 25.8. The zero-order valence-corrected chi connectivity index (χ0v) is 21.8. The Labute approximate surface area is 218 Å². The van der Waals surface area contributed by atoms with E-state index in [4.69, 9.17) is 13.9 Å². The number of amides is 1. The van der Waals surface area contributed by atoms with E-state index in [1.807, 2.05) is 43.3 Å². The largest absolute Gasteiger partial charge is 0.494 e. The van der Waals surface area contributed by atoms with E-state index in [0.717, 1.165) is 75.4 Å². The molecule has 0 spiro atoms. The van der Waals surface area contributed by atoms with Crippen LogP contribution < -0.4 is 10.2 Å². The van der Waals surface area contributed by atoms with E-state index in [-0.39, 0.29) is 17.1 Å². The molecule has 1 saturated heterocycles. The van der Waals surface area contributed by atoms with Gasteiger partial charge in [-0.15, -0.1) is 0 Å². The molecule has 1 aromatic heterocycles. The van der Waals surface area contributed by atoms with Crippen molar-refractivity contribution in [3.05, 3.63) is 75.1 Å². The van der Waals surface area contributed by atoms with Crippen molar-refractivity contribution in [1.82, 2.24) is 9.80 Å². The maximum absolute atomic E-state index is 13.8. The van der Waals surface area contributed by atoms with Gasteiger partial charge in [0.2, 0.25) is 5.76 Å². The van der Waals surface area contributed by atoms with Gasteiger partial charge in [-0.05, 0) is 49.6 Å². The van der Waals surface area contributed by atoms with E-state index in [1.165, 1.54) is 0 Å². The Morgan fingerprint density at radius 1 is 0.973 bits per heavy atom. The summed E-state index contributed by atoms with van der Waals surface area (Å²) in [6, 6.07) is 12.8. The normalized spacial score (nSPS) is 17.9. The topological polar surface area (TPSA) is 72.2 Å². The number of nitrogens with zero attached hydrogens (tertiary/aromatic N) is 2. The van der Waals surface area contributed by atoms with Crippen LogP contribution in [-0.4, -0.2) is 61.7 Å². The Morgan fingerprint density at radius 2 is 1.76 bits per heavy atom. The van der Waals surface area contributed by atoms with Crippen molar-refractivity contribution >= 4 is 16.9 Å². The lowest BCUT2D eigenvalue weighted by Crippen LogP contribution is -2.38. The van der Waals surface area contributed by atoms with Crippen LogP contribution in [0.15, 0.2) is 51.7 Å². The van der Waals surface area contributed by atoms with Crippen molar-refractivity contribution in [3.8, 4) is 5.75 Å². The number of hydrogen-bond donors (Lipinski definition) is 0. The molecule has 0 bridgehead atoms. The summed E-state index contributed by atoms with van der Waals surface area (Å²) in [5.74, 6) is 0.739. The lowest BCUT2D eigenvalue weighted by Gasteiger charge is -2.29. The van der Waals surface area contributed by atoms with E-state index < -0.39 is 6.04 Å². The Kier molecular flexibility index (Phi) is 7.91. The fourth-order valence-corrected chi connectivity index (χ4v) is 5.29. The number of morpholine rings is 1. The maximum atomic E-state index is 13.8. The highest BCUT2D eigenvalue weighted by Crippen LogP contribution is 2.38. The first-order valence-corrected chi connectivity index (χ1v) is 13.5. The molecule has 3 aromatic rings. The van der Waals surface area contributed by atoms with Crippen LogP contribution in [-0.2, 0) is 4.74 Å². The predicted octanol–water partition coefficient (Wildman–Crippen LogP) is 4.94. The molecule has 0 saturated carbocycles. The SMILES string of the molecule is CCCCCOc1ccc(C2c3c(oc4ccc(C)cc4c3=O)C(=O)N2CCCN2CCOCC2)cc1. The van der Waals surface area contributed by atoms with E-state index in [0.29, 0.717) is 29.7 Å². The van der Waals surface area contributed by atoms with Gasteiger partial charge in [-0.1, -0.05) is 43.5 Å². The van der Waals surface area contributed by atoms with Gasteiger partial charge in [0.15, 0.2) is 5.43 Å². The quantitative estimate of drug-likeness (QED) is 0.364. The van der Waals surface area contributed by atoms with Crippen LogP contribution in [0, 0.1) is 6.92 Å². The second kappa shape index (κ2) is 11.5. The molecule has 7 heteroatoms. The third kappa shape index (κ3) is 5.43. The number of carbonyl (C=O) groups is 1. The molecule has 1 atom stereocenters. The Morgan fingerprint density at radius 3 is 2.51 bits per heavy atom. The number of fused-ring (bicyclic) bond motifs is 2. The number of benzene rings is 2. The van der Waals surface area contributed by atoms with Crippen LogP contribution in [0.3, 0.4) is 0 Å². The second-order valence-corrected chi connectivity index (χ2v) is 10.0. The van der Waals surface area contributed by atoms with E-state index >= 15 is 0 Å². The van der Waals surface area contributed by atoms with Crippen molar-refractivity contribution in [3.63, 3.8) is 0 Å². The number of carbonyl (C=O) groups excluding carboxylic acids is 1. The van der Waals surface area contributed by atoms with Gasteiger partial charge in [-0.3, -0.25) is 14.5 Å². The van der Waals surface area contributed by atoms with E-state index in [1.54, 1.807) is 11.0 Å². The Bertz CT molecular complexity index is 1290. The van der Waals surface area contributed by atoms with Gasteiger partial charge in [-0.25, -0.2) is 0 Å². The predicted molar refractivity (Wildman–Crippen MR) is 143 cm³/mol. The summed E-state index contributed by atoms with van der Waals surface area (Å²) in [6.45, 7) is 9.51. The van der Waals surface area contributed by atoms with E-state index in [2.05, 4.69) is 11.8 Å². The van der Waals surface area contributed by atoms with Crippen molar-refractivity contribution in [2.24, 2.45) is 0 Å². The van der Waals surface area contributed by atoms with Crippen LogP contribution >= 0.6 is 0 Å². The van der Waals surface area contributed by atoms with Gasteiger partial charge in [0.25, 0.3) is 5.91 Å². The molecule has 2 aliphatic heterocycles. The number of unbranched alkanes of at least 4 members (excludes halogenated alkanes) is 2. The summed E-state index contributed by atoms with van der Waals surface area (Å²) in [7, 11) is 0. The minimum absolute atomic E-state index is 0.131. The fraction of sp³-hybridized carbons (Fsp3) is 0.467. The molecule has 1 fully saturated rings. The maximum Gasteiger partial charge on any atom is 0.290 e. The van der Waals surface area contributed by atoms with Crippen LogP contribution in [0.5, 0.6) is 5.75 Å². The molecule has 5 rings (SSSR count). The molecule has 37 heavy (non-hydrogen) atoms. The lowest BCUT2D eigenvalue weighted by atomic mass is 9.98. The highest BCUT2D eigenvalue weighted by molar-refractivity contribution is 5.99. The molecule has 0 radical (unpaired) electrons. The number of rotatable bonds is 10. The molecular weight excluding hydrogens is 468 g/mol.